The third kappa shape index (κ3) is 2.89. The number of aromatic nitrogens is 1. The lowest BCUT2D eigenvalue weighted by molar-refractivity contribution is 0.0692. The first-order chi connectivity index (χ1) is 8.97. The molecule has 0 radical (unpaired) electrons. The molecule has 1 aromatic heterocycles. The Labute approximate surface area is 112 Å². The predicted octanol–water partition coefficient (Wildman–Crippen LogP) is 1.99. The van der Waals surface area contributed by atoms with Gasteiger partial charge in [-0.1, -0.05) is 6.07 Å². The first kappa shape index (κ1) is 13.0. The molecular weight excluding hydrogens is 266 g/mol. The van der Waals surface area contributed by atoms with Crippen molar-refractivity contribution in [3.05, 3.63) is 40.5 Å². The van der Waals surface area contributed by atoms with Crippen molar-refractivity contribution in [1.29, 1.82) is 0 Å². The van der Waals surface area contributed by atoms with Gasteiger partial charge in [0.25, 0.3) is 0 Å². The summed E-state index contributed by atoms with van der Waals surface area (Å²) in [6, 6.07) is 6.52. The van der Waals surface area contributed by atoms with Crippen LogP contribution in [-0.4, -0.2) is 22.0 Å². The van der Waals surface area contributed by atoms with E-state index in [2.05, 4.69) is 10.3 Å². The Hall–Kier alpha value is -2.41. The largest absolute Gasteiger partial charge is 0.476 e. The molecule has 0 fully saturated rings. The fraction of sp³-hybridized carbons (Fsp3) is 0.0833. The van der Waals surface area contributed by atoms with Crippen molar-refractivity contribution in [3.8, 4) is 0 Å². The standard InChI is InChI=1S/C12H11N3O3S/c1-6-14-9(12(17)18)11(19-6)15-8-4-2-3-7(5-8)10(13)16/h2-5,15H,1H3,(H2,13,16)(H,17,18). The van der Waals surface area contributed by atoms with Gasteiger partial charge in [-0.05, 0) is 25.1 Å². The number of primary amides is 1. The Balaban J connectivity index is 2.33. The molecule has 19 heavy (non-hydrogen) atoms. The van der Waals surface area contributed by atoms with Gasteiger partial charge in [0.1, 0.15) is 5.00 Å². The first-order valence-corrected chi connectivity index (χ1v) is 6.16. The van der Waals surface area contributed by atoms with Crippen LogP contribution in [0.4, 0.5) is 10.7 Å². The molecule has 6 nitrogen and oxygen atoms in total. The van der Waals surface area contributed by atoms with E-state index in [1.54, 1.807) is 31.2 Å². The molecule has 0 saturated carbocycles. The number of nitrogens with one attached hydrogen (secondary N) is 1. The number of carboxylic acids is 1. The van der Waals surface area contributed by atoms with Crippen LogP contribution in [0.25, 0.3) is 0 Å². The van der Waals surface area contributed by atoms with Gasteiger partial charge in [-0.15, -0.1) is 11.3 Å². The van der Waals surface area contributed by atoms with Crippen molar-refractivity contribution in [2.75, 3.05) is 5.32 Å². The van der Waals surface area contributed by atoms with Crippen LogP contribution in [0.2, 0.25) is 0 Å². The number of nitrogens with zero attached hydrogens (tertiary/aromatic N) is 1. The zero-order chi connectivity index (χ0) is 14.0. The lowest BCUT2D eigenvalue weighted by Crippen LogP contribution is -2.11. The van der Waals surface area contributed by atoms with E-state index in [1.165, 1.54) is 11.3 Å². The second kappa shape index (κ2) is 5.07. The Morgan fingerprint density at radius 1 is 1.42 bits per heavy atom. The average Bonchev–Trinajstić information content (AvgIpc) is 2.70. The van der Waals surface area contributed by atoms with Gasteiger partial charge in [0.15, 0.2) is 5.69 Å². The number of carbonyl (C=O) groups excluding carboxylic acids is 1. The average molecular weight is 277 g/mol. The molecule has 7 heteroatoms. The lowest BCUT2D eigenvalue weighted by atomic mass is 10.2. The zero-order valence-electron chi connectivity index (χ0n) is 10.0. The molecule has 0 unspecified atom stereocenters. The summed E-state index contributed by atoms with van der Waals surface area (Å²) in [5.41, 5.74) is 6.09. The molecule has 4 N–H and O–H groups in total. The van der Waals surface area contributed by atoms with Gasteiger partial charge in [-0.25, -0.2) is 9.78 Å². The van der Waals surface area contributed by atoms with Gasteiger partial charge in [0, 0.05) is 11.3 Å². The van der Waals surface area contributed by atoms with Crippen LogP contribution < -0.4 is 11.1 Å². The number of nitrogens with two attached hydrogens (primary N) is 1. The minimum absolute atomic E-state index is 0.0352. The van der Waals surface area contributed by atoms with Crippen LogP contribution in [0.15, 0.2) is 24.3 Å². The number of thiazole rings is 1. The highest BCUT2D eigenvalue weighted by molar-refractivity contribution is 7.16. The van der Waals surface area contributed by atoms with Gasteiger partial charge in [0.2, 0.25) is 5.91 Å². The maximum atomic E-state index is 11.1. The molecule has 1 amide bonds. The van der Waals surface area contributed by atoms with E-state index in [4.69, 9.17) is 10.8 Å². The monoisotopic (exact) mass is 277 g/mol. The maximum Gasteiger partial charge on any atom is 0.357 e. The third-order valence-corrected chi connectivity index (χ3v) is 3.23. The molecule has 0 spiro atoms. The molecule has 1 heterocycles. The molecule has 98 valence electrons. The van der Waals surface area contributed by atoms with Crippen molar-refractivity contribution < 1.29 is 14.7 Å². The van der Waals surface area contributed by atoms with Crippen LogP contribution >= 0.6 is 11.3 Å². The van der Waals surface area contributed by atoms with E-state index in [1.807, 2.05) is 0 Å². The van der Waals surface area contributed by atoms with Crippen molar-refractivity contribution in [1.82, 2.24) is 4.98 Å². The molecule has 2 rings (SSSR count). The lowest BCUT2D eigenvalue weighted by Gasteiger charge is -2.05. The summed E-state index contributed by atoms with van der Waals surface area (Å²) >= 11 is 1.23. The fourth-order valence-corrected chi connectivity index (χ4v) is 2.37. The minimum atomic E-state index is -1.10. The van der Waals surface area contributed by atoms with Crippen LogP contribution in [0.1, 0.15) is 25.9 Å². The molecular formula is C12H11N3O3S. The summed E-state index contributed by atoms with van der Waals surface area (Å²) in [5, 5.41) is 13.0. The number of rotatable bonds is 4. The van der Waals surface area contributed by atoms with E-state index < -0.39 is 11.9 Å². The summed E-state index contributed by atoms with van der Waals surface area (Å²) in [7, 11) is 0. The predicted molar refractivity (Wildman–Crippen MR) is 72.1 cm³/mol. The molecule has 0 atom stereocenters. The van der Waals surface area contributed by atoms with Crippen LogP contribution in [-0.2, 0) is 0 Å². The number of carboxylic acid groups (broad SMARTS) is 1. The topological polar surface area (TPSA) is 105 Å². The maximum absolute atomic E-state index is 11.1. The minimum Gasteiger partial charge on any atom is -0.476 e. The van der Waals surface area contributed by atoms with Gasteiger partial charge in [0.05, 0.1) is 5.01 Å². The fourth-order valence-electron chi connectivity index (χ4n) is 1.54. The molecule has 0 aliphatic heterocycles. The highest BCUT2D eigenvalue weighted by atomic mass is 32.1. The number of carbonyl (C=O) groups is 2. The summed E-state index contributed by atoms with van der Waals surface area (Å²) in [4.78, 5) is 26.0. The number of amides is 1. The van der Waals surface area contributed by atoms with Gasteiger partial charge in [-0.2, -0.15) is 0 Å². The van der Waals surface area contributed by atoms with E-state index in [9.17, 15) is 9.59 Å². The van der Waals surface area contributed by atoms with Crippen molar-refractivity contribution in [2.24, 2.45) is 5.73 Å². The summed E-state index contributed by atoms with van der Waals surface area (Å²) in [5.74, 6) is -1.64. The second-order valence-electron chi connectivity index (χ2n) is 3.79. The normalized spacial score (nSPS) is 10.2. The second-order valence-corrected chi connectivity index (χ2v) is 4.99. The highest BCUT2D eigenvalue weighted by Crippen LogP contribution is 2.28. The van der Waals surface area contributed by atoms with Crippen molar-refractivity contribution >= 4 is 33.9 Å². The van der Waals surface area contributed by atoms with E-state index in [0.717, 1.165) is 0 Å². The molecule has 0 aliphatic carbocycles. The summed E-state index contributed by atoms with van der Waals surface area (Å²) in [6.45, 7) is 1.72. The number of hydrogen-bond acceptors (Lipinski definition) is 5. The zero-order valence-corrected chi connectivity index (χ0v) is 10.8. The van der Waals surface area contributed by atoms with Crippen molar-refractivity contribution in [2.45, 2.75) is 6.92 Å². The number of aromatic carboxylic acids is 1. The Morgan fingerprint density at radius 2 is 2.16 bits per heavy atom. The molecule has 1 aromatic carbocycles. The van der Waals surface area contributed by atoms with Gasteiger partial charge >= 0.3 is 5.97 Å². The van der Waals surface area contributed by atoms with Crippen LogP contribution in [0.5, 0.6) is 0 Å². The SMILES string of the molecule is Cc1nc(C(=O)O)c(Nc2cccc(C(N)=O)c2)s1. The molecule has 0 saturated heterocycles. The van der Waals surface area contributed by atoms with Crippen LogP contribution in [0, 0.1) is 6.92 Å². The van der Waals surface area contributed by atoms with E-state index in [-0.39, 0.29) is 5.69 Å². The molecule has 2 aromatic rings. The van der Waals surface area contributed by atoms with Gasteiger partial charge in [-0.3, -0.25) is 4.79 Å². The Bertz CT molecular complexity index is 651. The van der Waals surface area contributed by atoms with E-state index >= 15 is 0 Å². The highest BCUT2D eigenvalue weighted by Gasteiger charge is 2.16. The van der Waals surface area contributed by atoms with Crippen molar-refractivity contribution in [3.63, 3.8) is 0 Å². The number of anilines is 2. The smallest absolute Gasteiger partial charge is 0.357 e. The Kier molecular flexibility index (Phi) is 3.48. The number of hydrogen-bond donors (Lipinski definition) is 3. The molecule has 0 bridgehead atoms. The van der Waals surface area contributed by atoms with Gasteiger partial charge < -0.3 is 16.2 Å². The number of benzene rings is 1. The Morgan fingerprint density at radius 3 is 2.79 bits per heavy atom. The molecule has 0 aliphatic rings. The van der Waals surface area contributed by atoms with E-state index in [0.29, 0.717) is 21.3 Å². The third-order valence-electron chi connectivity index (χ3n) is 2.34. The summed E-state index contributed by atoms with van der Waals surface area (Å²) in [6.07, 6.45) is 0. The number of aryl methyl sites for hydroxylation is 1. The summed E-state index contributed by atoms with van der Waals surface area (Å²) < 4.78 is 0. The van der Waals surface area contributed by atoms with Crippen LogP contribution in [0.3, 0.4) is 0 Å². The first-order valence-electron chi connectivity index (χ1n) is 5.35. The quantitative estimate of drug-likeness (QED) is 0.792.